The molecule has 0 spiro atoms. The Morgan fingerprint density at radius 2 is 1.89 bits per heavy atom. The van der Waals surface area contributed by atoms with Gasteiger partial charge in [0.2, 0.25) is 0 Å². The fourth-order valence-corrected chi connectivity index (χ4v) is 2.71. The van der Waals surface area contributed by atoms with Gasteiger partial charge in [-0.3, -0.25) is 9.48 Å². The highest BCUT2D eigenvalue weighted by atomic mass is 127. The van der Waals surface area contributed by atoms with E-state index in [9.17, 15) is 4.79 Å². The van der Waals surface area contributed by atoms with Crippen LogP contribution in [0, 0.1) is 3.57 Å². The Kier molecular flexibility index (Phi) is 5.62. The van der Waals surface area contributed by atoms with Crippen molar-refractivity contribution in [2.24, 2.45) is 7.05 Å². The maximum atomic E-state index is 12.7. The minimum absolute atomic E-state index is 0.0862. The zero-order valence-corrected chi connectivity index (χ0v) is 13.9. The molecule has 0 unspecified atom stereocenters. The average molecular weight is 363 g/mol. The first-order valence-electron chi connectivity index (χ1n) is 6.44. The topological polar surface area (TPSA) is 38.1 Å². The zero-order chi connectivity index (χ0) is 13.9. The molecule has 1 aromatic rings. The molecule has 1 amide bonds. The molecule has 18 heavy (non-hydrogen) atoms. The molecule has 0 aliphatic carbocycles. The van der Waals surface area contributed by atoms with Crippen LogP contribution in [0.2, 0.25) is 0 Å². The predicted octanol–water partition coefficient (Wildman–Crippen LogP) is 3.06. The Balaban J connectivity index is 3.10. The van der Waals surface area contributed by atoms with Crippen molar-refractivity contribution in [2.75, 3.05) is 0 Å². The quantitative estimate of drug-likeness (QED) is 0.755. The minimum atomic E-state index is 0.0862. The van der Waals surface area contributed by atoms with Crippen molar-refractivity contribution in [2.45, 2.75) is 52.6 Å². The molecule has 0 fully saturated rings. The Morgan fingerprint density at radius 1 is 1.39 bits per heavy atom. The second-order valence-electron chi connectivity index (χ2n) is 4.69. The number of halogens is 1. The standard InChI is InChI=1S/C13H22IN3O/c1-6-9(3)17(10(4)7-2)13(18)12-11(14)8-15-16(12)5/h8-10H,6-7H2,1-5H3/t9-,10+. The summed E-state index contributed by atoms with van der Waals surface area (Å²) < 4.78 is 2.58. The monoisotopic (exact) mass is 363 g/mol. The van der Waals surface area contributed by atoms with Crippen LogP contribution in [0.3, 0.4) is 0 Å². The maximum Gasteiger partial charge on any atom is 0.273 e. The SMILES string of the molecule is CC[C@@H](C)N(C(=O)c1c(I)cnn1C)[C@@H](C)CC. The summed E-state index contributed by atoms with van der Waals surface area (Å²) in [5.74, 6) is 0.0862. The molecule has 0 N–H and O–H groups in total. The van der Waals surface area contributed by atoms with Gasteiger partial charge in [-0.05, 0) is 49.3 Å². The molecule has 102 valence electrons. The van der Waals surface area contributed by atoms with Crippen LogP contribution in [-0.4, -0.2) is 32.7 Å². The Hall–Kier alpha value is -0.590. The second-order valence-corrected chi connectivity index (χ2v) is 5.85. The van der Waals surface area contributed by atoms with Crippen LogP contribution < -0.4 is 0 Å². The van der Waals surface area contributed by atoms with Gasteiger partial charge in [0.1, 0.15) is 5.69 Å². The van der Waals surface area contributed by atoms with Crippen LogP contribution in [-0.2, 0) is 7.05 Å². The number of carbonyl (C=O) groups excluding carboxylic acids is 1. The Bertz CT molecular complexity index is 387. The highest BCUT2D eigenvalue weighted by Crippen LogP contribution is 2.19. The first-order valence-corrected chi connectivity index (χ1v) is 7.51. The van der Waals surface area contributed by atoms with E-state index < -0.39 is 0 Å². The molecule has 2 atom stereocenters. The van der Waals surface area contributed by atoms with Crippen LogP contribution in [0.4, 0.5) is 0 Å². The highest BCUT2D eigenvalue weighted by molar-refractivity contribution is 14.1. The molecule has 0 bridgehead atoms. The molecular weight excluding hydrogens is 341 g/mol. The van der Waals surface area contributed by atoms with Gasteiger partial charge in [-0.2, -0.15) is 5.10 Å². The molecule has 5 heteroatoms. The first kappa shape index (κ1) is 15.5. The summed E-state index contributed by atoms with van der Waals surface area (Å²) in [6.07, 6.45) is 3.66. The van der Waals surface area contributed by atoms with Gasteiger partial charge in [-0.15, -0.1) is 0 Å². The van der Waals surface area contributed by atoms with Gasteiger partial charge in [-0.1, -0.05) is 13.8 Å². The number of carbonyl (C=O) groups is 1. The predicted molar refractivity (Wildman–Crippen MR) is 81.6 cm³/mol. The molecule has 1 rings (SSSR count). The number of aromatic nitrogens is 2. The molecule has 0 aliphatic rings. The Morgan fingerprint density at radius 3 is 2.22 bits per heavy atom. The van der Waals surface area contributed by atoms with E-state index in [1.165, 1.54) is 0 Å². The van der Waals surface area contributed by atoms with E-state index in [2.05, 4.69) is 55.4 Å². The van der Waals surface area contributed by atoms with Gasteiger partial charge in [0.05, 0.1) is 9.77 Å². The number of hydrogen-bond acceptors (Lipinski definition) is 2. The van der Waals surface area contributed by atoms with Gasteiger partial charge in [0, 0.05) is 19.1 Å². The number of hydrogen-bond donors (Lipinski definition) is 0. The number of nitrogens with zero attached hydrogens (tertiary/aromatic N) is 3. The summed E-state index contributed by atoms with van der Waals surface area (Å²) >= 11 is 2.17. The van der Waals surface area contributed by atoms with Crippen molar-refractivity contribution in [3.8, 4) is 0 Å². The normalized spacial score (nSPS) is 14.3. The lowest BCUT2D eigenvalue weighted by atomic mass is 10.1. The molecule has 0 radical (unpaired) electrons. The third-order valence-electron chi connectivity index (χ3n) is 3.46. The third-order valence-corrected chi connectivity index (χ3v) is 4.25. The third kappa shape index (κ3) is 3.05. The number of amides is 1. The van der Waals surface area contributed by atoms with Crippen LogP contribution in [0.25, 0.3) is 0 Å². The van der Waals surface area contributed by atoms with Crippen molar-refractivity contribution in [1.29, 1.82) is 0 Å². The molecule has 0 aromatic carbocycles. The van der Waals surface area contributed by atoms with Crippen molar-refractivity contribution >= 4 is 28.5 Å². The van der Waals surface area contributed by atoms with E-state index in [1.807, 2.05) is 11.9 Å². The smallest absolute Gasteiger partial charge is 0.273 e. The summed E-state index contributed by atoms with van der Waals surface area (Å²) in [5, 5.41) is 4.15. The van der Waals surface area contributed by atoms with E-state index >= 15 is 0 Å². The largest absolute Gasteiger partial charge is 0.332 e. The van der Waals surface area contributed by atoms with Crippen LogP contribution in [0.5, 0.6) is 0 Å². The fourth-order valence-electron chi connectivity index (χ4n) is 2.00. The van der Waals surface area contributed by atoms with E-state index in [0.29, 0.717) is 5.69 Å². The summed E-state index contributed by atoms with van der Waals surface area (Å²) in [7, 11) is 1.82. The zero-order valence-electron chi connectivity index (χ0n) is 11.8. The molecule has 1 heterocycles. The summed E-state index contributed by atoms with van der Waals surface area (Å²) in [6.45, 7) is 8.43. The molecule has 1 aromatic heterocycles. The summed E-state index contributed by atoms with van der Waals surface area (Å²) in [5.41, 5.74) is 0.691. The second kappa shape index (κ2) is 6.54. The Labute approximate surface area is 123 Å². The molecule has 0 saturated carbocycles. The van der Waals surface area contributed by atoms with Gasteiger partial charge in [-0.25, -0.2) is 0 Å². The number of rotatable bonds is 5. The van der Waals surface area contributed by atoms with Crippen molar-refractivity contribution in [3.63, 3.8) is 0 Å². The van der Waals surface area contributed by atoms with Crippen LogP contribution >= 0.6 is 22.6 Å². The lowest BCUT2D eigenvalue weighted by Crippen LogP contribution is -2.45. The van der Waals surface area contributed by atoms with E-state index in [0.717, 1.165) is 16.4 Å². The lowest BCUT2D eigenvalue weighted by Gasteiger charge is -2.34. The summed E-state index contributed by atoms with van der Waals surface area (Å²) in [4.78, 5) is 14.7. The van der Waals surface area contributed by atoms with Crippen LogP contribution in [0.1, 0.15) is 51.0 Å². The average Bonchev–Trinajstić information content (AvgIpc) is 2.68. The van der Waals surface area contributed by atoms with Crippen molar-refractivity contribution in [1.82, 2.24) is 14.7 Å². The van der Waals surface area contributed by atoms with E-state index in [1.54, 1.807) is 10.9 Å². The maximum absolute atomic E-state index is 12.7. The van der Waals surface area contributed by atoms with Gasteiger partial charge in [0.25, 0.3) is 5.91 Å². The minimum Gasteiger partial charge on any atom is -0.332 e. The van der Waals surface area contributed by atoms with Crippen LogP contribution in [0.15, 0.2) is 6.20 Å². The molecular formula is C13H22IN3O. The van der Waals surface area contributed by atoms with E-state index in [4.69, 9.17) is 0 Å². The molecule has 0 saturated heterocycles. The molecule has 4 nitrogen and oxygen atoms in total. The first-order chi connectivity index (χ1) is 8.43. The lowest BCUT2D eigenvalue weighted by molar-refractivity contribution is 0.0585. The fraction of sp³-hybridized carbons (Fsp3) is 0.692. The van der Waals surface area contributed by atoms with Gasteiger partial charge >= 0.3 is 0 Å². The summed E-state index contributed by atoms with van der Waals surface area (Å²) in [6, 6.07) is 0.497. The highest BCUT2D eigenvalue weighted by Gasteiger charge is 2.28. The molecule has 0 aliphatic heterocycles. The number of aryl methyl sites for hydroxylation is 1. The van der Waals surface area contributed by atoms with Crippen molar-refractivity contribution in [3.05, 3.63) is 15.5 Å². The van der Waals surface area contributed by atoms with E-state index in [-0.39, 0.29) is 18.0 Å². The van der Waals surface area contributed by atoms with Gasteiger partial charge < -0.3 is 4.90 Å². The van der Waals surface area contributed by atoms with Crippen molar-refractivity contribution < 1.29 is 4.79 Å². The van der Waals surface area contributed by atoms with Gasteiger partial charge in [0.15, 0.2) is 0 Å².